The molecule has 0 spiro atoms. The summed E-state index contributed by atoms with van der Waals surface area (Å²) in [6.45, 7) is 2.15. The van der Waals surface area contributed by atoms with Crippen molar-refractivity contribution < 1.29 is 25.3 Å². The van der Waals surface area contributed by atoms with E-state index in [9.17, 15) is 14.4 Å². The van der Waals surface area contributed by atoms with Crippen molar-refractivity contribution in [2.45, 2.75) is 13.8 Å². The molecule has 0 radical (unpaired) electrons. The largest absolute Gasteiger partial charge is 0.412 e. The maximum Gasteiger partial charge on any atom is 0.263 e. The molecule has 0 atom stereocenters. The first kappa shape index (κ1) is 16.0. The molecule has 0 aromatic heterocycles. The third kappa shape index (κ3) is 5.07. The lowest BCUT2D eigenvalue weighted by molar-refractivity contribution is -0.142. The van der Waals surface area contributed by atoms with Crippen molar-refractivity contribution in [3.05, 3.63) is 0 Å². The zero-order valence-electron chi connectivity index (χ0n) is 5.72. The predicted octanol–water partition coefficient (Wildman–Crippen LogP) is -1.92. The Hall–Kier alpha value is -1.07. The highest BCUT2D eigenvalue weighted by Crippen LogP contribution is 1.75. The molecular weight excluding hydrogens is 140 g/mol. The zero-order chi connectivity index (χ0) is 6.73. The molecule has 0 aromatic rings. The summed E-state index contributed by atoms with van der Waals surface area (Å²) in [5.41, 5.74) is 0. The van der Waals surface area contributed by atoms with Crippen LogP contribution in [0.3, 0.4) is 0 Å². The van der Waals surface area contributed by atoms with Gasteiger partial charge in [0.2, 0.25) is 11.6 Å². The van der Waals surface area contributed by atoms with Crippen LogP contribution >= 0.6 is 0 Å². The fourth-order valence-corrected chi connectivity index (χ4v) is 0.248. The van der Waals surface area contributed by atoms with Gasteiger partial charge in [-0.3, -0.25) is 14.4 Å². The zero-order valence-corrected chi connectivity index (χ0v) is 5.72. The monoisotopic (exact) mass is 150 g/mol. The Bertz CT molecular complexity index is 132. The number of rotatable bonds is 2. The Labute approximate surface area is 57.6 Å². The molecule has 0 fully saturated rings. The maximum absolute atomic E-state index is 10.1. The minimum atomic E-state index is -0.926. The molecule has 0 saturated carbocycles. The fraction of sp³-hybridized carbons (Fsp3) is 0.400. The van der Waals surface area contributed by atoms with Crippen molar-refractivity contribution >= 4 is 17.3 Å². The van der Waals surface area contributed by atoms with E-state index in [0.29, 0.717) is 0 Å². The molecule has 4 N–H and O–H groups in total. The van der Waals surface area contributed by atoms with E-state index < -0.39 is 17.3 Å². The number of carbonyl (C=O) groups is 3. The molecule has 0 rings (SSSR count). The highest BCUT2D eigenvalue weighted by Gasteiger charge is 2.11. The lowest BCUT2D eigenvalue weighted by Gasteiger charge is -1.81. The Balaban J connectivity index is -0.000000245. The molecule has 5 heteroatoms. The van der Waals surface area contributed by atoms with Crippen LogP contribution in [0.4, 0.5) is 0 Å². The van der Waals surface area contributed by atoms with Crippen molar-refractivity contribution in [3.8, 4) is 0 Å². The summed E-state index contributed by atoms with van der Waals surface area (Å²) in [6.07, 6.45) is 0. The molecule has 60 valence electrons. The van der Waals surface area contributed by atoms with Crippen LogP contribution in [0.5, 0.6) is 0 Å². The van der Waals surface area contributed by atoms with Crippen LogP contribution in [0.15, 0.2) is 0 Å². The summed E-state index contributed by atoms with van der Waals surface area (Å²) in [6, 6.07) is 0. The third-order valence-corrected chi connectivity index (χ3v) is 0.640. The number of Topliss-reactive ketones (excluding diaryl/α,β-unsaturated/α-hetero) is 3. The van der Waals surface area contributed by atoms with Crippen LogP contribution in [-0.2, 0) is 14.4 Å². The van der Waals surface area contributed by atoms with Crippen molar-refractivity contribution in [2.75, 3.05) is 0 Å². The molecule has 0 heterocycles. The predicted molar refractivity (Wildman–Crippen MR) is 33.6 cm³/mol. The second-order valence-electron chi connectivity index (χ2n) is 1.44. The molecule has 0 aliphatic rings. The Morgan fingerprint density at radius 2 is 1.00 bits per heavy atom. The number of carbonyl (C=O) groups excluding carboxylic acids is 3. The van der Waals surface area contributed by atoms with E-state index in [4.69, 9.17) is 0 Å². The van der Waals surface area contributed by atoms with Gasteiger partial charge in [-0.25, -0.2) is 0 Å². The first-order valence-corrected chi connectivity index (χ1v) is 2.11. The average molecular weight is 150 g/mol. The molecule has 0 aliphatic heterocycles. The van der Waals surface area contributed by atoms with Crippen LogP contribution in [0.2, 0.25) is 0 Å². The van der Waals surface area contributed by atoms with Crippen molar-refractivity contribution in [1.82, 2.24) is 0 Å². The number of hydrogen-bond acceptors (Lipinski definition) is 3. The first-order valence-electron chi connectivity index (χ1n) is 2.11. The summed E-state index contributed by atoms with van der Waals surface area (Å²) in [5, 5.41) is 0. The highest BCUT2D eigenvalue weighted by molar-refractivity contribution is 6.62. The molecule has 0 bridgehead atoms. The standard InChI is InChI=1S/C5H6O3.2H2O/c1-3(6)5(8)4(2)7;;/h1-2H3;2*1H2. The van der Waals surface area contributed by atoms with Gasteiger partial charge >= 0.3 is 0 Å². The van der Waals surface area contributed by atoms with Crippen LogP contribution in [0.25, 0.3) is 0 Å². The van der Waals surface area contributed by atoms with Gasteiger partial charge in [0.25, 0.3) is 5.78 Å². The molecule has 0 unspecified atom stereocenters. The summed E-state index contributed by atoms with van der Waals surface area (Å²) >= 11 is 0. The normalized spacial score (nSPS) is 6.60. The average Bonchev–Trinajstić information content (AvgIpc) is 1.64. The molecule has 0 aliphatic carbocycles. The number of ketones is 3. The highest BCUT2D eigenvalue weighted by atomic mass is 16.2. The van der Waals surface area contributed by atoms with Crippen molar-refractivity contribution in [3.63, 3.8) is 0 Å². The van der Waals surface area contributed by atoms with Gasteiger partial charge in [0.05, 0.1) is 0 Å². The molecule has 0 aromatic carbocycles. The lowest BCUT2D eigenvalue weighted by Crippen LogP contribution is -2.17. The quantitative estimate of drug-likeness (QED) is 0.337. The third-order valence-electron chi connectivity index (χ3n) is 0.640. The van der Waals surface area contributed by atoms with Gasteiger partial charge in [-0.05, 0) is 0 Å². The maximum atomic E-state index is 10.1. The Morgan fingerprint density at radius 1 is 0.800 bits per heavy atom. The topological polar surface area (TPSA) is 114 Å². The molecule has 5 nitrogen and oxygen atoms in total. The van der Waals surface area contributed by atoms with E-state index in [1.54, 1.807) is 0 Å². The van der Waals surface area contributed by atoms with Gasteiger partial charge in [-0.1, -0.05) is 0 Å². The lowest BCUT2D eigenvalue weighted by atomic mass is 10.2. The molecule has 10 heavy (non-hydrogen) atoms. The van der Waals surface area contributed by atoms with Crippen LogP contribution in [0, 0.1) is 0 Å². The summed E-state index contributed by atoms with van der Waals surface area (Å²) in [5.74, 6) is -2.32. The van der Waals surface area contributed by atoms with Gasteiger partial charge in [-0.2, -0.15) is 0 Å². The summed E-state index contributed by atoms with van der Waals surface area (Å²) in [7, 11) is 0. The van der Waals surface area contributed by atoms with Gasteiger partial charge in [0.15, 0.2) is 0 Å². The first-order chi connectivity index (χ1) is 3.55. The van der Waals surface area contributed by atoms with E-state index >= 15 is 0 Å². The van der Waals surface area contributed by atoms with Gasteiger partial charge in [0, 0.05) is 13.8 Å². The smallest absolute Gasteiger partial charge is 0.263 e. The van der Waals surface area contributed by atoms with E-state index in [2.05, 4.69) is 0 Å². The summed E-state index contributed by atoms with van der Waals surface area (Å²) in [4.78, 5) is 30.2. The van der Waals surface area contributed by atoms with Crippen LogP contribution in [-0.4, -0.2) is 28.3 Å². The van der Waals surface area contributed by atoms with Gasteiger partial charge in [0.1, 0.15) is 0 Å². The fourth-order valence-electron chi connectivity index (χ4n) is 0.248. The summed E-state index contributed by atoms with van der Waals surface area (Å²) < 4.78 is 0. The SMILES string of the molecule is CC(=O)C(=O)C(C)=O.O.O. The minimum Gasteiger partial charge on any atom is -0.412 e. The van der Waals surface area contributed by atoms with Gasteiger partial charge in [-0.15, -0.1) is 0 Å². The van der Waals surface area contributed by atoms with E-state index in [1.165, 1.54) is 0 Å². The van der Waals surface area contributed by atoms with Crippen molar-refractivity contribution in [1.29, 1.82) is 0 Å². The molecule has 0 amide bonds. The Kier molecular flexibility index (Phi) is 9.67. The Morgan fingerprint density at radius 3 is 1.00 bits per heavy atom. The van der Waals surface area contributed by atoms with E-state index in [1.807, 2.05) is 0 Å². The molecular formula is C5H10O5. The van der Waals surface area contributed by atoms with Crippen molar-refractivity contribution in [2.24, 2.45) is 0 Å². The second-order valence-corrected chi connectivity index (χ2v) is 1.44. The van der Waals surface area contributed by atoms with E-state index in [-0.39, 0.29) is 11.0 Å². The van der Waals surface area contributed by atoms with Crippen LogP contribution in [0.1, 0.15) is 13.8 Å². The minimum absolute atomic E-state index is 0. The van der Waals surface area contributed by atoms with Gasteiger partial charge < -0.3 is 11.0 Å². The second kappa shape index (κ2) is 6.06. The molecule has 0 saturated heterocycles. The van der Waals surface area contributed by atoms with Crippen LogP contribution < -0.4 is 0 Å². The van der Waals surface area contributed by atoms with E-state index in [0.717, 1.165) is 13.8 Å². The number of hydrogen-bond donors (Lipinski definition) is 0.